The number of hydrogen-bond acceptors (Lipinski definition) is 3. The summed E-state index contributed by atoms with van der Waals surface area (Å²) in [6, 6.07) is 18.2. The first-order valence-corrected chi connectivity index (χ1v) is 9.10. The predicted octanol–water partition coefficient (Wildman–Crippen LogP) is 4.83. The summed E-state index contributed by atoms with van der Waals surface area (Å²) >= 11 is 0. The maximum absolute atomic E-state index is 13.2. The Balaban J connectivity index is 1.81. The summed E-state index contributed by atoms with van der Waals surface area (Å²) in [5.74, 6) is -0.560. The summed E-state index contributed by atoms with van der Waals surface area (Å²) in [5, 5.41) is 0.577. The third-order valence-electron chi connectivity index (χ3n) is 4.70. The molecule has 4 aromatic rings. The Morgan fingerprint density at radius 3 is 2.43 bits per heavy atom. The van der Waals surface area contributed by atoms with Crippen LogP contribution in [0, 0.1) is 0 Å². The van der Waals surface area contributed by atoms with Gasteiger partial charge in [-0.1, -0.05) is 36.4 Å². The monoisotopic (exact) mass is 408 g/mol. The van der Waals surface area contributed by atoms with Crippen LogP contribution in [0.4, 0.5) is 13.2 Å². The molecule has 0 radical (unpaired) electrons. The van der Waals surface area contributed by atoms with Gasteiger partial charge in [0.15, 0.2) is 5.78 Å². The van der Waals surface area contributed by atoms with E-state index >= 15 is 0 Å². The first-order valence-electron chi connectivity index (χ1n) is 9.10. The highest BCUT2D eigenvalue weighted by Crippen LogP contribution is 2.29. The molecule has 2 aromatic heterocycles. The number of carbonyl (C=O) groups is 1. The number of hydrogen-bond donors (Lipinski definition) is 0. The third-order valence-corrected chi connectivity index (χ3v) is 4.70. The Morgan fingerprint density at radius 1 is 0.933 bits per heavy atom. The van der Waals surface area contributed by atoms with Gasteiger partial charge in [0.05, 0.1) is 16.8 Å². The quantitative estimate of drug-likeness (QED) is 0.455. The zero-order valence-electron chi connectivity index (χ0n) is 15.6. The number of carbonyl (C=O) groups excluding carboxylic acids is 1. The number of benzene rings is 2. The molecule has 150 valence electrons. The molecule has 0 atom stereocenters. The minimum absolute atomic E-state index is 0.100. The summed E-state index contributed by atoms with van der Waals surface area (Å²) in [6.45, 7) is 0. The summed E-state index contributed by atoms with van der Waals surface area (Å²) in [5.41, 5.74) is -0.380. The van der Waals surface area contributed by atoms with Gasteiger partial charge in [-0.15, -0.1) is 0 Å². The number of rotatable bonds is 4. The molecule has 0 aliphatic heterocycles. The van der Waals surface area contributed by atoms with Crippen molar-refractivity contribution in [1.82, 2.24) is 9.55 Å². The minimum Gasteiger partial charge on any atom is -0.294 e. The minimum atomic E-state index is -4.51. The molecule has 2 heterocycles. The fourth-order valence-electron chi connectivity index (χ4n) is 3.30. The predicted molar refractivity (Wildman–Crippen MR) is 107 cm³/mol. The normalized spacial score (nSPS) is 11.6. The van der Waals surface area contributed by atoms with E-state index in [1.807, 2.05) is 0 Å². The number of aromatic nitrogens is 2. The van der Waals surface area contributed by atoms with Gasteiger partial charge >= 0.3 is 6.18 Å². The Kier molecular flexibility index (Phi) is 4.95. The van der Waals surface area contributed by atoms with E-state index in [-0.39, 0.29) is 17.5 Å². The number of halogens is 3. The SMILES string of the molecule is O=C(Cc1cccc(C(F)(F)F)c1)c1cc2cccnc2n(-c2ccccc2)c1=O. The summed E-state index contributed by atoms with van der Waals surface area (Å²) in [4.78, 5) is 30.3. The van der Waals surface area contributed by atoms with Crippen molar-refractivity contribution in [1.29, 1.82) is 0 Å². The van der Waals surface area contributed by atoms with E-state index in [0.29, 0.717) is 16.7 Å². The number of nitrogens with zero attached hydrogens (tertiary/aromatic N) is 2. The highest BCUT2D eigenvalue weighted by Gasteiger charge is 2.30. The van der Waals surface area contributed by atoms with E-state index in [4.69, 9.17) is 0 Å². The van der Waals surface area contributed by atoms with Crippen molar-refractivity contribution in [3.8, 4) is 5.69 Å². The van der Waals surface area contributed by atoms with Crippen LogP contribution in [0.5, 0.6) is 0 Å². The van der Waals surface area contributed by atoms with Crippen molar-refractivity contribution in [2.45, 2.75) is 12.6 Å². The molecule has 0 aliphatic rings. The fraction of sp³-hybridized carbons (Fsp3) is 0.0870. The van der Waals surface area contributed by atoms with Crippen LogP contribution in [0.25, 0.3) is 16.7 Å². The van der Waals surface area contributed by atoms with Crippen molar-refractivity contribution in [3.63, 3.8) is 0 Å². The van der Waals surface area contributed by atoms with Crippen molar-refractivity contribution in [2.75, 3.05) is 0 Å². The molecule has 0 unspecified atom stereocenters. The summed E-state index contributed by atoms with van der Waals surface area (Å²) < 4.78 is 40.2. The molecule has 0 aliphatic carbocycles. The van der Waals surface area contributed by atoms with Gasteiger partial charge in [0.1, 0.15) is 5.65 Å². The smallest absolute Gasteiger partial charge is 0.294 e. The van der Waals surface area contributed by atoms with E-state index in [1.54, 1.807) is 48.7 Å². The molecule has 0 N–H and O–H groups in total. The number of alkyl halides is 3. The van der Waals surface area contributed by atoms with Crippen molar-refractivity contribution < 1.29 is 18.0 Å². The third kappa shape index (κ3) is 3.74. The van der Waals surface area contributed by atoms with Gasteiger partial charge in [0.2, 0.25) is 0 Å². The van der Waals surface area contributed by atoms with Crippen LogP contribution in [0.1, 0.15) is 21.5 Å². The van der Waals surface area contributed by atoms with Gasteiger partial charge in [-0.05, 0) is 42.0 Å². The second kappa shape index (κ2) is 7.59. The Bertz CT molecular complexity index is 1300. The molecule has 0 bridgehead atoms. The molecule has 7 heteroatoms. The second-order valence-corrected chi connectivity index (χ2v) is 6.75. The molecule has 0 saturated heterocycles. The van der Waals surface area contributed by atoms with Crippen LogP contribution in [0.2, 0.25) is 0 Å². The molecular formula is C23H15F3N2O2. The summed E-state index contributed by atoms with van der Waals surface area (Å²) in [7, 11) is 0. The average Bonchev–Trinajstić information content (AvgIpc) is 2.73. The fourth-order valence-corrected chi connectivity index (χ4v) is 3.30. The van der Waals surface area contributed by atoms with Gasteiger partial charge in [-0.25, -0.2) is 4.98 Å². The van der Waals surface area contributed by atoms with Crippen LogP contribution < -0.4 is 5.56 Å². The molecular weight excluding hydrogens is 393 g/mol. The van der Waals surface area contributed by atoms with Gasteiger partial charge in [0, 0.05) is 18.0 Å². The Morgan fingerprint density at radius 2 is 1.70 bits per heavy atom. The zero-order valence-corrected chi connectivity index (χ0v) is 15.6. The van der Waals surface area contributed by atoms with Crippen molar-refractivity contribution in [3.05, 3.63) is 106 Å². The first-order chi connectivity index (χ1) is 14.3. The number of Topliss-reactive ketones (excluding diaryl/α,β-unsaturated/α-hetero) is 1. The lowest BCUT2D eigenvalue weighted by Crippen LogP contribution is -2.26. The van der Waals surface area contributed by atoms with E-state index in [1.165, 1.54) is 22.8 Å². The van der Waals surface area contributed by atoms with E-state index in [2.05, 4.69) is 4.98 Å². The maximum Gasteiger partial charge on any atom is 0.416 e. The highest BCUT2D eigenvalue weighted by molar-refractivity contribution is 6.00. The number of para-hydroxylation sites is 1. The number of ketones is 1. The zero-order chi connectivity index (χ0) is 21.3. The second-order valence-electron chi connectivity index (χ2n) is 6.75. The number of fused-ring (bicyclic) bond motifs is 1. The first kappa shape index (κ1) is 19.6. The molecule has 2 aromatic carbocycles. The van der Waals surface area contributed by atoms with E-state index < -0.39 is 23.1 Å². The van der Waals surface area contributed by atoms with Crippen LogP contribution in [-0.2, 0) is 12.6 Å². The topological polar surface area (TPSA) is 52.0 Å². The largest absolute Gasteiger partial charge is 0.416 e. The highest BCUT2D eigenvalue weighted by atomic mass is 19.4. The van der Waals surface area contributed by atoms with Crippen molar-refractivity contribution in [2.24, 2.45) is 0 Å². The maximum atomic E-state index is 13.2. The Labute approximate surface area is 169 Å². The average molecular weight is 408 g/mol. The van der Waals surface area contributed by atoms with Crippen LogP contribution in [-0.4, -0.2) is 15.3 Å². The molecule has 0 saturated carbocycles. The molecule has 30 heavy (non-hydrogen) atoms. The number of pyridine rings is 2. The summed E-state index contributed by atoms with van der Waals surface area (Å²) in [6.07, 6.45) is -3.28. The van der Waals surface area contributed by atoms with Crippen LogP contribution >= 0.6 is 0 Å². The van der Waals surface area contributed by atoms with Crippen molar-refractivity contribution >= 4 is 16.8 Å². The van der Waals surface area contributed by atoms with Crippen LogP contribution in [0.3, 0.4) is 0 Å². The molecule has 4 nitrogen and oxygen atoms in total. The molecule has 0 fully saturated rings. The standard InChI is InChI=1S/C23H15F3N2O2/c24-23(25,26)17-8-4-6-15(12-17)13-20(29)19-14-16-7-5-11-27-21(16)28(22(19)30)18-9-2-1-3-10-18/h1-12,14H,13H2. The van der Waals surface area contributed by atoms with Gasteiger partial charge in [-0.2, -0.15) is 13.2 Å². The van der Waals surface area contributed by atoms with Gasteiger partial charge in [0.25, 0.3) is 5.56 Å². The van der Waals surface area contributed by atoms with Gasteiger partial charge < -0.3 is 0 Å². The lowest BCUT2D eigenvalue weighted by molar-refractivity contribution is -0.137. The Hall–Kier alpha value is -3.74. The van der Waals surface area contributed by atoms with E-state index in [0.717, 1.165) is 12.1 Å². The lowest BCUT2D eigenvalue weighted by Gasteiger charge is -2.12. The van der Waals surface area contributed by atoms with E-state index in [9.17, 15) is 22.8 Å². The lowest BCUT2D eigenvalue weighted by atomic mass is 10.0. The molecule has 4 rings (SSSR count). The molecule has 0 spiro atoms. The van der Waals surface area contributed by atoms with Crippen LogP contribution in [0.15, 0.2) is 83.8 Å². The van der Waals surface area contributed by atoms with Gasteiger partial charge in [-0.3, -0.25) is 14.2 Å². The molecule has 0 amide bonds.